The Hall–Kier alpha value is -1.50. The number of carbonyl (C=O) groups is 1. The minimum atomic E-state index is -0.689. The van der Waals surface area contributed by atoms with Crippen LogP contribution in [0.15, 0.2) is 18.2 Å². The zero-order valence-electron chi connectivity index (χ0n) is 9.99. The van der Waals surface area contributed by atoms with Crippen LogP contribution in [0.5, 0.6) is 0 Å². The first kappa shape index (κ1) is 13.9. The van der Waals surface area contributed by atoms with Crippen molar-refractivity contribution in [2.45, 2.75) is 12.8 Å². The number of halogens is 2. The number of nitrogens with one attached hydrogen (secondary N) is 1. The lowest BCUT2D eigenvalue weighted by atomic mass is 10.1. The van der Waals surface area contributed by atoms with Crippen LogP contribution >= 0.6 is 15.9 Å². The van der Waals surface area contributed by atoms with E-state index in [2.05, 4.69) is 21.2 Å². The number of nitro benzene ring substituents is 1. The van der Waals surface area contributed by atoms with E-state index < -0.39 is 16.6 Å². The van der Waals surface area contributed by atoms with Gasteiger partial charge in [0.25, 0.3) is 11.6 Å². The molecule has 1 aromatic carbocycles. The Labute approximate surface area is 117 Å². The Bertz CT molecular complexity index is 532. The van der Waals surface area contributed by atoms with Crippen LogP contribution < -0.4 is 5.32 Å². The van der Waals surface area contributed by atoms with Gasteiger partial charge in [-0.2, -0.15) is 0 Å². The van der Waals surface area contributed by atoms with Gasteiger partial charge in [-0.25, -0.2) is 4.39 Å². The van der Waals surface area contributed by atoms with Crippen LogP contribution in [0.25, 0.3) is 0 Å². The minimum Gasteiger partial charge on any atom is -0.351 e. The Balaban J connectivity index is 2.14. The number of benzene rings is 1. The standard InChI is InChI=1S/C12H12BrFN2O3/c13-6-12(3-4-12)7-15-11(17)9-5-8(14)1-2-10(9)16(18)19/h1-2,5H,3-4,6-7H2,(H,15,17). The Morgan fingerprint density at radius 2 is 2.21 bits per heavy atom. The molecule has 102 valence electrons. The van der Waals surface area contributed by atoms with Gasteiger partial charge in [0, 0.05) is 17.9 Å². The second-order valence-electron chi connectivity index (χ2n) is 4.73. The number of nitro groups is 1. The molecule has 1 amide bonds. The van der Waals surface area contributed by atoms with Crippen molar-refractivity contribution in [2.75, 3.05) is 11.9 Å². The lowest BCUT2D eigenvalue weighted by Gasteiger charge is -2.12. The molecule has 1 aliphatic carbocycles. The first-order valence-corrected chi connectivity index (χ1v) is 6.88. The third-order valence-electron chi connectivity index (χ3n) is 3.26. The SMILES string of the molecule is O=C(NCC1(CBr)CC1)c1cc(F)ccc1[N+](=O)[O-]. The predicted octanol–water partition coefficient (Wildman–Crippen LogP) is 2.64. The van der Waals surface area contributed by atoms with Crippen LogP contribution in [0.2, 0.25) is 0 Å². The zero-order chi connectivity index (χ0) is 14.0. The highest BCUT2D eigenvalue weighted by Crippen LogP contribution is 2.46. The van der Waals surface area contributed by atoms with Crippen LogP contribution in [-0.4, -0.2) is 22.7 Å². The van der Waals surface area contributed by atoms with Gasteiger partial charge in [0.2, 0.25) is 0 Å². The Kier molecular flexibility index (Phi) is 3.84. The third-order valence-corrected chi connectivity index (χ3v) is 4.45. The molecule has 19 heavy (non-hydrogen) atoms. The van der Waals surface area contributed by atoms with E-state index in [4.69, 9.17) is 0 Å². The van der Waals surface area contributed by atoms with Crippen molar-refractivity contribution in [3.05, 3.63) is 39.7 Å². The van der Waals surface area contributed by atoms with Crippen LogP contribution in [0.4, 0.5) is 10.1 Å². The molecule has 0 aliphatic heterocycles. The van der Waals surface area contributed by atoms with Gasteiger partial charge < -0.3 is 5.32 Å². The molecule has 1 N–H and O–H groups in total. The molecular formula is C12H12BrFN2O3. The minimum absolute atomic E-state index is 0.0533. The molecule has 5 nitrogen and oxygen atoms in total. The van der Waals surface area contributed by atoms with E-state index in [-0.39, 0.29) is 16.7 Å². The summed E-state index contributed by atoms with van der Waals surface area (Å²) in [6.07, 6.45) is 2.01. The maximum absolute atomic E-state index is 13.1. The number of amides is 1. The zero-order valence-corrected chi connectivity index (χ0v) is 11.6. The second kappa shape index (κ2) is 5.24. The average Bonchev–Trinajstić information content (AvgIpc) is 3.16. The van der Waals surface area contributed by atoms with E-state index in [0.29, 0.717) is 6.54 Å². The van der Waals surface area contributed by atoms with Crippen molar-refractivity contribution in [1.82, 2.24) is 5.32 Å². The van der Waals surface area contributed by atoms with Crippen molar-refractivity contribution in [3.63, 3.8) is 0 Å². The fourth-order valence-corrected chi connectivity index (χ4v) is 2.51. The maximum Gasteiger partial charge on any atom is 0.282 e. The maximum atomic E-state index is 13.1. The van der Waals surface area contributed by atoms with Gasteiger partial charge in [-0.3, -0.25) is 14.9 Å². The topological polar surface area (TPSA) is 72.2 Å². The summed E-state index contributed by atoms with van der Waals surface area (Å²) in [5, 5.41) is 14.2. The van der Waals surface area contributed by atoms with Crippen molar-refractivity contribution in [1.29, 1.82) is 0 Å². The highest BCUT2D eigenvalue weighted by atomic mass is 79.9. The third kappa shape index (κ3) is 3.09. The number of rotatable bonds is 5. The van der Waals surface area contributed by atoms with Gasteiger partial charge >= 0.3 is 0 Å². The summed E-state index contributed by atoms with van der Waals surface area (Å²) >= 11 is 3.37. The first-order valence-electron chi connectivity index (χ1n) is 5.75. The summed E-state index contributed by atoms with van der Waals surface area (Å²) in [7, 11) is 0. The summed E-state index contributed by atoms with van der Waals surface area (Å²) in [5.41, 5.74) is -0.574. The highest BCUT2D eigenvalue weighted by Gasteiger charge is 2.41. The van der Waals surface area contributed by atoms with E-state index in [1.165, 1.54) is 0 Å². The van der Waals surface area contributed by atoms with E-state index in [0.717, 1.165) is 36.4 Å². The fraction of sp³-hybridized carbons (Fsp3) is 0.417. The van der Waals surface area contributed by atoms with Crippen molar-refractivity contribution in [2.24, 2.45) is 5.41 Å². The van der Waals surface area contributed by atoms with Crippen LogP contribution in [0, 0.1) is 21.3 Å². The molecule has 0 aromatic heterocycles. The number of alkyl halides is 1. The molecule has 1 saturated carbocycles. The lowest BCUT2D eigenvalue weighted by molar-refractivity contribution is -0.385. The van der Waals surface area contributed by atoms with Gasteiger partial charge in [0.15, 0.2) is 0 Å². The molecular weight excluding hydrogens is 319 g/mol. The van der Waals surface area contributed by atoms with Gasteiger partial charge in [-0.05, 0) is 30.4 Å². The number of hydrogen-bond donors (Lipinski definition) is 1. The number of carbonyl (C=O) groups excluding carboxylic acids is 1. The van der Waals surface area contributed by atoms with Crippen LogP contribution in [-0.2, 0) is 0 Å². The molecule has 0 atom stereocenters. The molecule has 0 bridgehead atoms. The number of hydrogen-bond acceptors (Lipinski definition) is 3. The molecule has 0 heterocycles. The molecule has 2 rings (SSSR count). The summed E-state index contributed by atoms with van der Waals surface area (Å²) in [5.74, 6) is -1.28. The van der Waals surface area contributed by atoms with Gasteiger partial charge in [0.05, 0.1) is 4.92 Å². The average molecular weight is 331 g/mol. The Morgan fingerprint density at radius 3 is 2.74 bits per heavy atom. The second-order valence-corrected chi connectivity index (χ2v) is 5.30. The van der Waals surface area contributed by atoms with Gasteiger partial charge in [-0.15, -0.1) is 0 Å². The molecule has 0 spiro atoms. The normalized spacial score (nSPS) is 15.9. The molecule has 1 aliphatic rings. The van der Waals surface area contributed by atoms with E-state index in [9.17, 15) is 19.3 Å². The largest absolute Gasteiger partial charge is 0.351 e. The smallest absolute Gasteiger partial charge is 0.282 e. The van der Waals surface area contributed by atoms with E-state index in [1.807, 2.05) is 0 Å². The molecule has 0 radical (unpaired) electrons. The summed E-state index contributed by atoms with van der Waals surface area (Å²) in [4.78, 5) is 22.0. The number of nitrogens with zero attached hydrogens (tertiary/aromatic N) is 1. The van der Waals surface area contributed by atoms with Gasteiger partial charge in [0.1, 0.15) is 11.4 Å². The van der Waals surface area contributed by atoms with E-state index >= 15 is 0 Å². The predicted molar refractivity (Wildman–Crippen MR) is 70.8 cm³/mol. The molecule has 1 aromatic rings. The molecule has 0 saturated heterocycles. The first-order chi connectivity index (χ1) is 8.97. The van der Waals surface area contributed by atoms with Crippen LogP contribution in [0.3, 0.4) is 0 Å². The summed E-state index contributed by atoms with van der Waals surface area (Å²) < 4.78 is 13.1. The van der Waals surface area contributed by atoms with Crippen LogP contribution in [0.1, 0.15) is 23.2 Å². The quantitative estimate of drug-likeness (QED) is 0.512. The highest BCUT2D eigenvalue weighted by molar-refractivity contribution is 9.09. The molecule has 0 unspecified atom stereocenters. The monoisotopic (exact) mass is 330 g/mol. The molecule has 7 heteroatoms. The molecule has 1 fully saturated rings. The summed E-state index contributed by atoms with van der Waals surface area (Å²) in [6, 6.07) is 2.86. The lowest BCUT2D eigenvalue weighted by Crippen LogP contribution is -2.31. The van der Waals surface area contributed by atoms with Crippen molar-refractivity contribution in [3.8, 4) is 0 Å². The van der Waals surface area contributed by atoms with E-state index in [1.54, 1.807) is 0 Å². The van der Waals surface area contributed by atoms with Crippen molar-refractivity contribution < 1.29 is 14.1 Å². The fourth-order valence-electron chi connectivity index (χ4n) is 1.75. The van der Waals surface area contributed by atoms with Gasteiger partial charge in [-0.1, -0.05) is 15.9 Å². The summed E-state index contributed by atoms with van der Waals surface area (Å²) in [6.45, 7) is 0.435. The van der Waals surface area contributed by atoms with Crippen molar-refractivity contribution >= 4 is 27.5 Å². The Morgan fingerprint density at radius 1 is 1.53 bits per heavy atom.